The number of anilines is 1. The molecule has 0 spiro atoms. The first-order valence-electron chi connectivity index (χ1n) is 11.1. The number of carbonyl (C=O) groups excluding carboxylic acids is 2. The molecule has 1 N–H and O–H groups in total. The minimum absolute atomic E-state index is 0.160. The van der Waals surface area contributed by atoms with Crippen LogP contribution in [0.2, 0.25) is 0 Å². The topological polar surface area (TPSA) is 92.8 Å². The van der Waals surface area contributed by atoms with E-state index in [1.165, 1.54) is 15.6 Å². The first-order chi connectivity index (χ1) is 16.3. The summed E-state index contributed by atoms with van der Waals surface area (Å²) in [6.07, 6.45) is 0.982. The number of hydrogen-bond donors (Lipinski definition) is 1. The molecule has 4 rings (SSSR count). The summed E-state index contributed by atoms with van der Waals surface area (Å²) in [5, 5.41) is 4.96. The number of carbonyl (C=O) groups is 2. The first-order valence-corrected chi connectivity index (χ1v) is 13.4. The van der Waals surface area contributed by atoms with Crippen LogP contribution >= 0.6 is 11.3 Å². The Labute approximate surface area is 203 Å². The van der Waals surface area contributed by atoms with Gasteiger partial charge in [0.05, 0.1) is 11.5 Å². The van der Waals surface area contributed by atoms with Gasteiger partial charge in [-0.15, -0.1) is 11.3 Å². The Kier molecular flexibility index (Phi) is 7.16. The molecule has 3 aromatic rings. The van der Waals surface area contributed by atoms with E-state index in [0.29, 0.717) is 23.4 Å². The van der Waals surface area contributed by atoms with Gasteiger partial charge in [-0.3, -0.25) is 4.79 Å². The van der Waals surface area contributed by atoms with Crippen LogP contribution in [0.15, 0.2) is 64.9 Å². The third-order valence-corrected chi connectivity index (χ3v) is 8.54. The van der Waals surface area contributed by atoms with Gasteiger partial charge in [0.2, 0.25) is 15.9 Å². The van der Waals surface area contributed by atoms with Gasteiger partial charge >= 0.3 is 5.97 Å². The lowest BCUT2D eigenvalue weighted by molar-refractivity contribution is -0.119. The van der Waals surface area contributed by atoms with E-state index in [9.17, 15) is 18.0 Å². The summed E-state index contributed by atoms with van der Waals surface area (Å²) in [6, 6.07) is 15.1. The van der Waals surface area contributed by atoms with Gasteiger partial charge in [-0.2, -0.15) is 4.31 Å². The zero-order valence-corrected chi connectivity index (χ0v) is 20.6. The molecule has 2 heterocycles. The second-order valence-corrected chi connectivity index (χ2v) is 10.8. The minimum atomic E-state index is -3.83. The van der Waals surface area contributed by atoms with Crippen molar-refractivity contribution in [3.63, 3.8) is 0 Å². The molecule has 1 saturated heterocycles. The second kappa shape index (κ2) is 10.1. The van der Waals surface area contributed by atoms with Crippen molar-refractivity contribution in [2.45, 2.75) is 37.6 Å². The highest BCUT2D eigenvalue weighted by Crippen LogP contribution is 2.37. The monoisotopic (exact) mass is 498 g/mol. The fourth-order valence-electron chi connectivity index (χ4n) is 4.02. The van der Waals surface area contributed by atoms with Gasteiger partial charge in [0.25, 0.3) is 0 Å². The molecule has 7 nitrogen and oxygen atoms in total. The van der Waals surface area contributed by atoms with Crippen molar-refractivity contribution in [1.29, 1.82) is 0 Å². The van der Waals surface area contributed by atoms with Gasteiger partial charge in [-0.05, 0) is 44.4 Å². The van der Waals surface area contributed by atoms with E-state index in [1.807, 2.05) is 37.3 Å². The number of amides is 1. The largest absolute Gasteiger partial charge is 0.462 e. The van der Waals surface area contributed by atoms with Crippen molar-refractivity contribution < 1.29 is 22.7 Å². The third kappa shape index (κ3) is 4.77. The number of sulfonamides is 1. The van der Waals surface area contributed by atoms with E-state index in [-0.39, 0.29) is 23.6 Å². The molecule has 34 heavy (non-hydrogen) atoms. The highest BCUT2D eigenvalue weighted by atomic mass is 32.2. The van der Waals surface area contributed by atoms with E-state index < -0.39 is 27.9 Å². The summed E-state index contributed by atoms with van der Waals surface area (Å²) in [5.74, 6) is -0.992. The molecular weight excluding hydrogens is 472 g/mol. The quantitative estimate of drug-likeness (QED) is 0.477. The van der Waals surface area contributed by atoms with Crippen molar-refractivity contribution >= 4 is 38.2 Å². The lowest BCUT2D eigenvalue weighted by Crippen LogP contribution is -2.43. The highest BCUT2D eigenvalue weighted by molar-refractivity contribution is 7.89. The fraction of sp³-hybridized carbons (Fsp3) is 0.280. The zero-order valence-electron chi connectivity index (χ0n) is 19.0. The summed E-state index contributed by atoms with van der Waals surface area (Å²) >= 11 is 1.22. The Morgan fingerprint density at radius 1 is 1.12 bits per heavy atom. The summed E-state index contributed by atoms with van der Waals surface area (Å²) < 4.78 is 33.0. The molecule has 0 aliphatic carbocycles. The summed E-state index contributed by atoms with van der Waals surface area (Å²) in [6.45, 7) is 4.06. The molecule has 1 amide bonds. The van der Waals surface area contributed by atoms with Gasteiger partial charge < -0.3 is 10.1 Å². The Bertz CT molecular complexity index is 1280. The molecule has 0 radical (unpaired) electrons. The van der Waals surface area contributed by atoms with E-state index in [1.54, 1.807) is 36.6 Å². The molecule has 0 unspecified atom stereocenters. The summed E-state index contributed by atoms with van der Waals surface area (Å²) in [5.41, 5.74) is 2.71. The maximum Gasteiger partial charge on any atom is 0.341 e. The number of rotatable bonds is 7. The molecule has 1 fully saturated rings. The van der Waals surface area contributed by atoms with Gasteiger partial charge in [-0.1, -0.05) is 48.0 Å². The average molecular weight is 499 g/mol. The van der Waals surface area contributed by atoms with Crippen LogP contribution in [0, 0.1) is 6.92 Å². The van der Waals surface area contributed by atoms with Crippen LogP contribution in [0.25, 0.3) is 11.1 Å². The molecule has 0 saturated carbocycles. The molecule has 178 valence electrons. The maximum atomic E-state index is 13.3. The van der Waals surface area contributed by atoms with Crippen molar-refractivity contribution in [2.24, 2.45) is 0 Å². The molecule has 0 bridgehead atoms. The molecule has 1 atom stereocenters. The fourth-order valence-corrected chi connectivity index (χ4v) is 6.63. The number of nitrogens with zero attached hydrogens (tertiary/aromatic N) is 1. The van der Waals surface area contributed by atoms with Crippen LogP contribution < -0.4 is 5.32 Å². The van der Waals surface area contributed by atoms with E-state index in [2.05, 4.69) is 5.32 Å². The smallest absolute Gasteiger partial charge is 0.341 e. The molecule has 1 aromatic heterocycles. The zero-order chi connectivity index (χ0) is 24.3. The van der Waals surface area contributed by atoms with E-state index in [0.717, 1.165) is 11.1 Å². The van der Waals surface area contributed by atoms with E-state index >= 15 is 0 Å². The van der Waals surface area contributed by atoms with Crippen LogP contribution in [-0.4, -0.2) is 43.8 Å². The van der Waals surface area contributed by atoms with E-state index in [4.69, 9.17) is 4.74 Å². The molecule has 1 aliphatic heterocycles. The molecule has 1 aliphatic rings. The Morgan fingerprint density at radius 3 is 2.50 bits per heavy atom. The van der Waals surface area contributed by atoms with Crippen LogP contribution in [0.3, 0.4) is 0 Å². The number of nitrogens with one attached hydrogen (secondary N) is 1. The standard InChI is InChI=1S/C25H26N2O5S2/c1-3-32-25(29)22-20(18-8-5-4-6-9-18)16-33-24(22)26-23(28)21-10-7-15-27(21)34(30,31)19-13-11-17(2)12-14-19/h4-6,8-9,11-14,16,21H,3,7,10,15H2,1-2H3,(H,26,28)/t21-/m0/s1. The number of thiophene rings is 1. The Hall–Kier alpha value is -3.01. The number of hydrogen-bond acceptors (Lipinski definition) is 6. The van der Waals surface area contributed by atoms with Gasteiger partial charge in [-0.25, -0.2) is 13.2 Å². The maximum absolute atomic E-state index is 13.3. The minimum Gasteiger partial charge on any atom is -0.462 e. The van der Waals surface area contributed by atoms with Gasteiger partial charge in [0.15, 0.2) is 0 Å². The predicted molar refractivity (Wildman–Crippen MR) is 132 cm³/mol. The Morgan fingerprint density at radius 2 is 1.82 bits per heavy atom. The van der Waals surface area contributed by atoms with Crippen LogP contribution in [0.4, 0.5) is 5.00 Å². The summed E-state index contributed by atoms with van der Waals surface area (Å²) in [7, 11) is -3.83. The molecule has 9 heteroatoms. The number of ether oxygens (including phenoxy) is 1. The van der Waals surface area contributed by atoms with Gasteiger partial charge in [0.1, 0.15) is 16.6 Å². The lowest BCUT2D eigenvalue weighted by atomic mass is 10.0. The van der Waals surface area contributed by atoms with Gasteiger partial charge in [0, 0.05) is 17.5 Å². The number of esters is 1. The number of benzene rings is 2. The number of aryl methyl sites for hydroxylation is 1. The van der Waals surface area contributed by atoms with Crippen molar-refractivity contribution in [3.05, 3.63) is 71.1 Å². The first kappa shape index (κ1) is 24.1. The lowest BCUT2D eigenvalue weighted by Gasteiger charge is -2.23. The predicted octanol–water partition coefficient (Wildman–Crippen LogP) is 4.69. The molecule has 2 aromatic carbocycles. The average Bonchev–Trinajstić information content (AvgIpc) is 3.48. The highest BCUT2D eigenvalue weighted by Gasteiger charge is 2.40. The third-order valence-electron chi connectivity index (χ3n) is 5.73. The summed E-state index contributed by atoms with van der Waals surface area (Å²) in [4.78, 5) is 26.2. The normalized spacial score (nSPS) is 16.4. The van der Waals surface area contributed by atoms with Crippen LogP contribution in [-0.2, 0) is 19.6 Å². The Balaban J connectivity index is 1.62. The SMILES string of the molecule is CCOC(=O)c1c(-c2ccccc2)csc1NC(=O)[C@@H]1CCCN1S(=O)(=O)c1ccc(C)cc1. The second-order valence-electron chi connectivity index (χ2n) is 8.02. The van der Waals surface area contributed by atoms with Crippen LogP contribution in [0.5, 0.6) is 0 Å². The van der Waals surface area contributed by atoms with Crippen LogP contribution in [0.1, 0.15) is 35.7 Å². The van der Waals surface area contributed by atoms with Crippen molar-refractivity contribution in [1.82, 2.24) is 4.31 Å². The van der Waals surface area contributed by atoms with Crippen molar-refractivity contribution in [3.8, 4) is 11.1 Å². The van der Waals surface area contributed by atoms with Crippen molar-refractivity contribution in [2.75, 3.05) is 18.5 Å². The molecular formula is C25H26N2O5S2.